The minimum atomic E-state index is -1.28. The third kappa shape index (κ3) is 5.65. The van der Waals surface area contributed by atoms with Gasteiger partial charge in [0.1, 0.15) is 36.1 Å². The fourth-order valence-corrected chi connectivity index (χ4v) is 5.10. The Kier molecular flexibility index (Phi) is 7.60. The van der Waals surface area contributed by atoms with Crippen LogP contribution in [0.3, 0.4) is 0 Å². The predicted octanol–water partition coefficient (Wildman–Crippen LogP) is 3.78. The molecule has 0 radical (unpaired) electrons. The molecule has 202 valence electrons. The van der Waals surface area contributed by atoms with Gasteiger partial charge in [-0.05, 0) is 57.6 Å². The average molecular weight is 524 g/mol. The number of H-pyrrole nitrogens is 1. The first-order valence-corrected chi connectivity index (χ1v) is 13.1. The third-order valence-electron chi connectivity index (χ3n) is 7.29. The summed E-state index contributed by atoms with van der Waals surface area (Å²) >= 11 is 0. The molecule has 9 nitrogen and oxygen atoms in total. The minimum absolute atomic E-state index is 0.0615. The summed E-state index contributed by atoms with van der Waals surface area (Å²) in [6.07, 6.45) is 3.66. The molecular formula is C28H34FN5O4. The number of fused-ring (bicyclic) bond motifs is 1. The fourth-order valence-electron chi connectivity index (χ4n) is 5.10. The van der Waals surface area contributed by atoms with E-state index in [2.05, 4.69) is 25.6 Å². The first-order chi connectivity index (χ1) is 18.3. The Labute approximate surface area is 220 Å². The van der Waals surface area contributed by atoms with Crippen LogP contribution in [-0.2, 0) is 9.53 Å². The van der Waals surface area contributed by atoms with Crippen molar-refractivity contribution in [1.82, 2.24) is 25.6 Å². The zero-order chi connectivity index (χ0) is 26.8. The largest absolute Gasteiger partial charge is 0.493 e. The molecule has 3 atom stereocenters. The maximum absolute atomic E-state index is 15.0. The van der Waals surface area contributed by atoms with Crippen LogP contribution >= 0.6 is 0 Å². The Morgan fingerprint density at radius 1 is 1.13 bits per heavy atom. The van der Waals surface area contributed by atoms with Crippen LogP contribution in [0.1, 0.15) is 53.7 Å². The second kappa shape index (κ2) is 11.1. The van der Waals surface area contributed by atoms with E-state index in [1.54, 1.807) is 6.92 Å². The number of nitrogens with one attached hydrogen (secondary N) is 3. The van der Waals surface area contributed by atoms with Gasteiger partial charge in [0.15, 0.2) is 0 Å². The number of alkyl halides is 1. The number of methoxy groups -OCH3 is 1. The Bertz CT molecular complexity index is 1340. The maximum Gasteiger partial charge on any atom is 0.255 e. The van der Waals surface area contributed by atoms with Crippen molar-refractivity contribution in [1.29, 1.82) is 0 Å². The van der Waals surface area contributed by atoms with E-state index in [1.807, 2.05) is 25.1 Å². The van der Waals surface area contributed by atoms with Crippen molar-refractivity contribution in [3.05, 3.63) is 41.3 Å². The molecule has 0 spiro atoms. The SMILES string of the molecule is COCC(=O)N[C@H]1CC[C@@H](NC(=O)c2c(C)[nH]c3c(-c4cc(C)ccc4OCC4CC4)ncnc23)[C@H](F)C1. The first kappa shape index (κ1) is 26.1. The van der Waals surface area contributed by atoms with Gasteiger partial charge in [0.2, 0.25) is 5.91 Å². The van der Waals surface area contributed by atoms with Crippen LogP contribution in [0.4, 0.5) is 4.39 Å². The number of hydrogen-bond acceptors (Lipinski definition) is 6. The second-order valence-corrected chi connectivity index (χ2v) is 10.4. The van der Waals surface area contributed by atoms with Gasteiger partial charge in [-0.15, -0.1) is 0 Å². The summed E-state index contributed by atoms with van der Waals surface area (Å²) in [6.45, 7) is 4.42. The number of amides is 2. The Hall–Kier alpha value is -3.53. The Balaban J connectivity index is 1.36. The number of aromatic nitrogens is 3. The highest BCUT2D eigenvalue weighted by Gasteiger charge is 2.33. The number of aromatic amines is 1. The first-order valence-electron chi connectivity index (χ1n) is 13.1. The van der Waals surface area contributed by atoms with Gasteiger partial charge in [-0.1, -0.05) is 11.6 Å². The number of ether oxygens (including phenoxy) is 2. The van der Waals surface area contributed by atoms with E-state index in [0.29, 0.717) is 53.4 Å². The molecule has 1 aromatic carbocycles. The molecule has 2 aliphatic rings. The molecule has 0 saturated heterocycles. The van der Waals surface area contributed by atoms with E-state index in [0.717, 1.165) is 16.9 Å². The Morgan fingerprint density at radius 3 is 2.68 bits per heavy atom. The molecule has 10 heteroatoms. The van der Waals surface area contributed by atoms with Crippen LogP contribution in [0, 0.1) is 19.8 Å². The van der Waals surface area contributed by atoms with Crippen molar-refractivity contribution >= 4 is 22.8 Å². The second-order valence-electron chi connectivity index (χ2n) is 10.4. The molecule has 38 heavy (non-hydrogen) atoms. The Morgan fingerprint density at radius 2 is 1.95 bits per heavy atom. The molecule has 5 rings (SSSR count). The van der Waals surface area contributed by atoms with Gasteiger partial charge in [-0.3, -0.25) is 9.59 Å². The van der Waals surface area contributed by atoms with E-state index >= 15 is 4.39 Å². The van der Waals surface area contributed by atoms with Gasteiger partial charge < -0.3 is 25.1 Å². The van der Waals surface area contributed by atoms with Crippen molar-refractivity contribution < 1.29 is 23.5 Å². The van der Waals surface area contributed by atoms with Crippen LogP contribution in [0.25, 0.3) is 22.3 Å². The van der Waals surface area contributed by atoms with E-state index in [-0.39, 0.29) is 30.9 Å². The van der Waals surface area contributed by atoms with Gasteiger partial charge in [-0.2, -0.15) is 0 Å². The average Bonchev–Trinajstić information content (AvgIpc) is 3.64. The lowest BCUT2D eigenvalue weighted by Crippen LogP contribution is -2.50. The van der Waals surface area contributed by atoms with Gasteiger partial charge in [0, 0.05) is 30.8 Å². The molecule has 0 bridgehead atoms. The number of halogens is 1. The lowest BCUT2D eigenvalue weighted by atomic mass is 9.89. The lowest BCUT2D eigenvalue weighted by molar-refractivity contribution is -0.125. The lowest BCUT2D eigenvalue weighted by Gasteiger charge is -2.32. The number of benzene rings is 1. The molecule has 2 heterocycles. The molecule has 2 fully saturated rings. The predicted molar refractivity (Wildman–Crippen MR) is 141 cm³/mol. The minimum Gasteiger partial charge on any atom is -0.493 e. The summed E-state index contributed by atoms with van der Waals surface area (Å²) in [5.41, 5.74) is 4.68. The quantitative estimate of drug-likeness (QED) is 0.393. The summed E-state index contributed by atoms with van der Waals surface area (Å²) in [4.78, 5) is 37.4. The van der Waals surface area contributed by atoms with Crippen molar-refractivity contribution in [2.45, 2.75) is 64.2 Å². The van der Waals surface area contributed by atoms with Crippen molar-refractivity contribution in [3.8, 4) is 17.0 Å². The number of carbonyl (C=O) groups excluding carboxylic acids is 2. The topological polar surface area (TPSA) is 118 Å². The molecule has 2 aliphatic carbocycles. The van der Waals surface area contributed by atoms with Crippen LogP contribution < -0.4 is 15.4 Å². The highest BCUT2D eigenvalue weighted by Crippen LogP contribution is 2.37. The van der Waals surface area contributed by atoms with Gasteiger partial charge in [-0.25, -0.2) is 14.4 Å². The summed E-state index contributed by atoms with van der Waals surface area (Å²) in [5.74, 6) is 0.693. The zero-order valence-electron chi connectivity index (χ0n) is 22.0. The van der Waals surface area contributed by atoms with E-state index in [4.69, 9.17) is 9.47 Å². The molecule has 0 aliphatic heterocycles. The maximum atomic E-state index is 15.0. The highest BCUT2D eigenvalue weighted by molar-refractivity contribution is 6.09. The molecule has 2 aromatic heterocycles. The molecule has 3 N–H and O–H groups in total. The number of carbonyl (C=O) groups is 2. The number of rotatable bonds is 9. The van der Waals surface area contributed by atoms with Crippen LogP contribution in [-0.4, -0.2) is 65.3 Å². The molecule has 2 amide bonds. The summed E-state index contributed by atoms with van der Waals surface area (Å²) in [6, 6.07) is 5.06. The van der Waals surface area contributed by atoms with Gasteiger partial charge in [0.25, 0.3) is 5.91 Å². The van der Waals surface area contributed by atoms with Crippen LogP contribution in [0.2, 0.25) is 0 Å². The number of hydrogen-bond donors (Lipinski definition) is 3. The van der Waals surface area contributed by atoms with Crippen molar-refractivity contribution in [2.24, 2.45) is 5.92 Å². The smallest absolute Gasteiger partial charge is 0.255 e. The number of nitrogens with zero attached hydrogens (tertiary/aromatic N) is 2. The van der Waals surface area contributed by atoms with Crippen LogP contribution in [0.15, 0.2) is 24.5 Å². The molecule has 2 saturated carbocycles. The molecule has 0 unspecified atom stereocenters. The van der Waals surface area contributed by atoms with Crippen molar-refractivity contribution in [3.63, 3.8) is 0 Å². The van der Waals surface area contributed by atoms with E-state index in [1.165, 1.54) is 26.3 Å². The normalized spacial score (nSPS) is 21.3. The summed E-state index contributed by atoms with van der Waals surface area (Å²) in [5, 5.41) is 5.65. The fraction of sp³-hybridized carbons (Fsp3) is 0.500. The van der Waals surface area contributed by atoms with Gasteiger partial charge >= 0.3 is 0 Å². The third-order valence-corrected chi connectivity index (χ3v) is 7.29. The summed E-state index contributed by atoms with van der Waals surface area (Å²) in [7, 11) is 1.44. The highest BCUT2D eigenvalue weighted by atomic mass is 19.1. The monoisotopic (exact) mass is 523 g/mol. The molecular weight excluding hydrogens is 489 g/mol. The molecule has 3 aromatic rings. The van der Waals surface area contributed by atoms with E-state index < -0.39 is 12.2 Å². The number of aryl methyl sites for hydroxylation is 2. The van der Waals surface area contributed by atoms with Crippen LogP contribution in [0.5, 0.6) is 5.75 Å². The van der Waals surface area contributed by atoms with Crippen molar-refractivity contribution in [2.75, 3.05) is 20.3 Å². The van der Waals surface area contributed by atoms with E-state index in [9.17, 15) is 9.59 Å². The summed E-state index contributed by atoms with van der Waals surface area (Å²) < 4.78 is 26.0. The standard InChI is InChI=1S/C28H34FN5O4/c1-15-4-9-22(38-12-17-5-6-17)19(10-15)25-27-26(31-14-30-25)24(16(2)32-27)28(36)34-21-8-7-18(11-20(21)29)33-23(35)13-37-3/h4,9-10,14,17-18,20-21,32H,5-8,11-13H2,1-3H3,(H,33,35)(H,34,36)/t18-,20+,21+/m0/s1. The van der Waals surface area contributed by atoms with Gasteiger partial charge in [0.05, 0.1) is 23.7 Å². The zero-order valence-corrected chi connectivity index (χ0v) is 22.0.